The predicted molar refractivity (Wildman–Crippen MR) is 85.1 cm³/mol. The number of para-hydroxylation sites is 1. The van der Waals surface area contributed by atoms with Gasteiger partial charge in [-0.1, -0.05) is 19.1 Å². The number of nitrogens with one attached hydrogen (secondary N) is 2. The van der Waals surface area contributed by atoms with Crippen LogP contribution < -0.4 is 10.6 Å². The Kier molecular flexibility index (Phi) is 5.12. The van der Waals surface area contributed by atoms with Crippen molar-refractivity contribution < 1.29 is 4.79 Å². The molecule has 0 unspecified atom stereocenters. The van der Waals surface area contributed by atoms with E-state index in [2.05, 4.69) is 38.5 Å². The highest BCUT2D eigenvalue weighted by molar-refractivity contribution is 9.10. The van der Waals surface area contributed by atoms with Crippen LogP contribution in [-0.4, -0.2) is 17.4 Å². The minimum Gasteiger partial charge on any atom is -0.384 e. The van der Waals surface area contributed by atoms with Gasteiger partial charge in [0.1, 0.15) is 5.82 Å². The first kappa shape index (κ1) is 14.5. The fourth-order valence-corrected chi connectivity index (χ4v) is 2.10. The van der Waals surface area contributed by atoms with Crippen molar-refractivity contribution in [3.05, 3.63) is 52.6 Å². The summed E-state index contributed by atoms with van der Waals surface area (Å²) in [6.07, 6.45) is 2.64. The first-order valence-corrected chi connectivity index (χ1v) is 7.26. The van der Waals surface area contributed by atoms with E-state index in [1.54, 1.807) is 18.3 Å². The fraction of sp³-hybridized carbons (Fsp3) is 0.200. The Balaban J connectivity index is 2.19. The Bertz CT molecular complexity index is 601. The molecule has 1 heterocycles. The predicted octanol–water partition coefficient (Wildman–Crippen LogP) is 3.92. The number of aromatic nitrogens is 1. The van der Waals surface area contributed by atoms with Gasteiger partial charge in [-0.05, 0) is 46.6 Å². The third-order valence-electron chi connectivity index (χ3n) is 2.73. The van der Waals surface area contributed by atoms with Gasteiger partial charge in [-0.25, -0.2) is 4.98 Å². The van der Waals surface area contributed by atoms with Crippen LogP contribution in [0, 0.1) is 0 Å². The van der Waals surface area contributed by atoms with Crippen molar-refractivity contribution in [2.45, 2.75) is 13.3 Å². The largest absolute Gasteiger partial charge is 0.384 e. The summed E-state index contributed by atoms with van der Waals surface area (Å²) in [6, 6.07) is 11.1. The molecule has 2 N–H and O–H groups in total. The number of anilines is 2. The molecule has 1 aromatic carbocycles. The number of carbonyl (C=O) groups excluding carboxylic acids is 1. The van der Waals surface area contributed by atoms with Crippen LogP contribution in [0.15, 0.2) is 47.1 Å². The molecule has 0 radical (unpaired) electrons. The molecule has 0 atom stereocenters. The maximum absolute atomic E-state index is 12.3. The van der Waals surface area contributed by atoms with E-state index in [-0.39, 0.29) is 5.91 Å². The summed E-state index contributed by atoms with van der Waals surface area (Å²) >= 11 is 3.36. The maximum Gasteiger partial charge on any atom is 0.258 e. The highest BCUT2D eigenvalue weighted by atomic mass is 79.9. The molecule has 0 saturated heterocycles. The van der Waals surface area contributed by atoms with Crippen molar-refractivity contribution in [1.82, 2.24) is 4.98 Å². The van der Waals surface area contributed by atoms with Gasteiger partial charge in [0.05, 0.1) is 10.0 Å². The number of carbonyl (C=O) groups is 1. The van der Waals surface area contributed by atoms with Gasteiger partial charge in [-0.15, -0.1) is 0 Å². The summed E-state index contributed by atoms with van der Waals surface area (Å²) < 4.78 is 0.757. The lowest BCUT2D eigenvalue weighted by Gasteiger charge is -2.11. The zero-order chi connectivity index (χ0) is 14.4. The van der Waals surface area contributed by atoms with Crippen LogP contribution in [0.1, 0.15) is 23.7 Å². The van der Waals surface area contributed by atoms with Crippen molar-refractivity contribution in [2.24, 2.45) is 0 Å². The summed E-state index contributed by atoms with van der Waals surface area (Å²) in [5.41, 5.74) is 1.44. The van der Waals surface area contributed by atoms with Crippen LogP contribution in [0.25, 0.3) is 0 Å². The summed E-state index contributed by atoms with van der Waals surface area (Å²) in [6.45, 7) is 2.91. The molecular formula is C15H16BrN3O. The van der Waals surface area contributed by atoms with Crippen LogP contribution in [0.5, 0.6) is 0 Å². The van der Waals surface area contributed by atoms with E-state index < -0.39 is 0 Å². The Morgan fingerprint density at radius 1 is 1.25 bits per heavy atom. The van der Waals surface area contributed by atoms with E-state index in [4.69, 9.17) is 0 Å². The molecule has 1 amide bonds. The average molecular weight is 334 g/mol. The van der Waals surface area contributed by atoms with Crippen LogP contribution >= 0.6 is 15.9 Å². The third-order valence-corrected chi connectivity index (χ3v) is 3.37. The number of rotatable bonds is 5. The number of hydrogen-bond acceptors (Lipinski definition) is 3. The van der Waals surface area contributed by atoms with Gasteiger partial charge >= 0.3 is 0 Å². The second-order valence-electron chi connectivity index (χ2n) is 4.26. The molecule has 0 aliphatic rings. The molecular weight excluding hydrogens is 318 g/mol. The van der Waals surface area contributed by atoms with Gasteiger partial charge in [0.2, 0.25) is 0 Å². The first-order chi connectivity index (χ1) is 9.72. The Morgan fingerprint density at radius 2 is 2.05 bits per heavy atom. The molecule has 2 rings (SSSR count). The lowest BCUT2D eigenvalue weighted by molar-refractivity contribution is 0.102. The van der Waals surface area contributed by atoms with Crippen LogP contribution in [0.4, 0.5) is 11.5 Å². The highest BCUT2D eigenvalue weighted by Crippen LogP contribution is 2.21. The molecule has 1 aromatic heterocycles. The minimum atomic E-state index is -0.177. The van der Waals surface area contributed by atoms with E-state index in [1.807, 2.05) is 24.3 Å². The number of nitrogens with zero attached hydrogens (tertiary/aromatic N) is 1. The van der Waals surface area contributed by atoms with Crippen molar-refractivity contribution in [1.29, 1.82) is 0 Å². The topological polar surface area (TPSA) is 54.0 Å². The van der Waals surface area contributed by atoms with Gasteiger partial charge in [0.25, 0.3) is 5.91 Å². The molecule has 2 aromatic rings. The Morgan fingerprint density at radius 3 is 2.80 bits per heavy atom. The molecule has 0 fully saturated rings. The van der Waals surface area contributed by atoms with Gasteiger partial charge in [0, 0.05) is 18.4 Å². The lowest BCUT2D eigenvalue weighted by Crippen LogP contribution is -2.16. The van der Waals surface area contributed by atoms with Crippen LogP contribution in [-0.2, 0) is 0 Å². The molecule has 0 aliphatic carbocycles. The molecule has 104 valence electrons. The summed E-state index contributed by atoms with van der Waals surface area (Å²) in [5, 5.41) is 6.06. The molecule has 0 saturated carbocycles. The standard InChI is InChI=1S/C15H16BrN3O/c1-2-9-17-13-8-4-3-6-11(13)15(20)19-14-12(16)7-5-10-18-14/h3-8,10,17H,2,9H2,1H3,(H,18,19,20). The number of pyridine rings is 1. The van der Waals surface area contributed by atoms with E-state index in [0.29, 0.717) is 11.4 Å². The van der Waals surface area contributed by atoms with Crippen molar-refractivity contribution >= 4 is 33.3 Å². The van der Waals surface area contributed by atoms with Crippen molar-refractivity contribution in [3.8, 4) is 0 Å². The van der Waals surface area contributed by atoms with E-state index in [9.17, 15) is 4.79 Å². The molecule has 0 bridgehead atoms. The second-order valence-corrected chi connectivity index (χ2v) is 5.11. The monoisotopic (exact) mass is 333 g/mol. The first-order valence-electron chi connectivity index (χ1n) is 6.47. The summed E-state index contributed by atoms with van der Waals surface area (Å²) in [7, 11) is 0. The normalized spacial score (nSPS) is 10.1. The zero-order valence-corrected chi connectivity index (χ0v) is 12.8. The quantitative estimate of drug-likeness (QED) is 0.871. The van der Waals surface area contributed by atoms with Gasteiger partial charge in [-0.3, -0.25) is 4.79 Å². The average Bonchev–Trinajstić information content (AvgIpc) is 2.47. The molecule has 0 spiro atoms. The highest BCUT2D eigenvalue weighted by Gasteiger charge is 2.12. The Labute approximate surface area is 126 Å². The Hall–Kier alpha value is -1.88. The fourth-order valence-electron chi connectivity index (χ4n) is 1.75. The lowest BCUT2D eigenvalue weighted by atomic mass is 10.1. The van der Waals surface area contributed by atoms with E-state index in [0.717, 1.165) is 23.1 Å². The SMILES string of the molecule is CCCNc1ccccc1C(=O)Nc1ncccc1Br. The number of halogens is 1. The number of benzene rings is 1. The van der Waals surface area contributed by atoms with Crippen LogP contribution in [0.3, 0.4) is 0 Å². The molecule has 4 nitrogen and oxygen atoms in total. The molecule has 5 heteroatoms. The minimum absolute atomic E-state index is 0.177. The zero-order valence-electron chi connectivity index (χ0n) is 11.2. The molecule has 0 aliphatic heterocycles. The van der Waals surface area contributed by atoms with Gasteiger partial charge in [-0.2, -0.15) is 0 Å². The summed E-state index contributed by atoms with van der Waals surface area (Å²) in [4.78, 5) is 16.5. The summed E-state index contributed by atoms with van der Waals surface area (Å²) in [5.74, 6) is 0.339. The number of amides is 1. The van der Waals surface area contributed by atoms with Gasteiger partial charge in [0.15, 0.2) is 0 Å². The second kappa shape index (κ2) is 7.05. The van der Waals surface area contributed by atoms with Crippen molar-refractivity contribution in [2.75, 3.05) is 17.2 Å². The van der Waals surface area contributed by atoms with E-state index in [1.165, 1.54) is 0 Å². The van der Waals surface area contributed by atoms with Crippen molar-refractivity contribution in [3.63, 3.8) is 0 Å². The maximum atomic E-state index is 12.3. The van der Waals surface area contributed by atoms with Gasteiger partial charge < -0.3 is 10.6 Å². The third kappa shape index (κ3) is 3.57. The van der Waals surface area contributed by atoms with Crippen LogP contribution in [0.2, 0.25) is 0 Å². The molecule has 20 heavy (non-hydrogen) atoms. The smallest absolute Gasteiger partial charge is 0.258 e. The van der Waals surface area contributed by atoms with E-state index >= 15 is 0 Å². The number of hydrogen-bond donors (Lipinski definition) is 2.